The van der Waals surface area contributed by atoms with Crippen molar-refractivity contribution in [2.45, 2.75) is 6.54 Å². The van der Waals surface area contributed by atoms with Crippen LogP contribution < -0.4 is 0 Å². The van der Waals surface area contributed by atoms with Crippen molar-refractivity contribution in [3.8, 4) is 0 Å². The normalized spacial score (nSPS) is 13.5. The summed E-state index contributed by atoms with van der Waals surface area (Å²) >= 11 is 6.20. The molecule has 0 spiro atoms. The summed E-state index contributed by atoms with van der Waals surface area (Å²) in [6.45, 7) is 3.85. The number of carbonyl (C=O) groups excluding carboxylic acids is 2. The molecule has 3 nitrogen and oxygen atoms in total. The van der Waals surface area contributed by atoms with Crippen LogP contribution in [0.15, 0.2) is 49.0 Å². The molecular formula is C17H12ClNO2. The summed E-state index contributed by atoms with van der Waals surface area (Å²) in [6.07, 6.45) is 1.69. The molecule has 1 aliphatic rings. The number of nitrogens with zero attached hydrogens (tertiary/aromatic N) is 1. The lowest BCUT2D eigenvalue weighted by molar-refractivity contribution is 0.0642. The van der Waals surface area contributed by atoms with Gasteiger partial charge in [0.05, 0.1) is 17.7 Å². The lowest BCUT2D eigenvalue weighted by atomic mass is 10.1. The van der Waals surface area contributed by atoms with Gasteiger partial charge in [-0.25, -0.2) is 0 Å². The second-order valence-corrected chi connectivity index (χ2v) is 5.20. The number of carbonyl (C=O) groups is 2. The van der Waals surface area contributed by atoms with Gasteiger partial charge in [-0.1, -0.05) is 48.5 Å². The first-order valence-corrected chi connectivity index (χ1v) is 6.85. The largest absolute Gasteiger partial charge is 0.270 e. The van der Waals surface area contributed by atoms with Crippen molar-refractivity contribution in [2.24, 2.45) is 0 Å². The zero-order valence-electron chi connectivity index (χ0n) is 11.2. The monoisotopic (exact) mass is 297 g/mol. The van der Waals surface area contributed by atoms with Crippen molar-refractivity contribution in [1.82, 2.24) is 4.90 Å². The molecule has 0 atom stereocenters. The Morgan fingerprint density at radius 1 is 1.05 bits per heavy atom. The Balaban J connectivity index is 1.92. The zero-order valence-corrected chi connectivity index (χ0v) is 11.9. The first-order valence-electron chi connectivity index (χ1n) is 6.48. The molecule has 0 bridgehead atoms. The molecule has 0 fully saturated rings. The van der Waals surface area contributed by atoms with E-state index in [2.05, 4.69) is 6.58 Å². The fourth-order valence-corrected chi connectivity index (χ4v) is 2.62. The van der Waals surface area contributed by atoms with E-state index in [1.165, 1.54) is 4.90 Å². The van der Waals surface area contributed by atoms with Gasteiger partial charge in [-0.3, -0.25) is 14.5 Å². The molecule has 4 heteroatoms. The molecule has 2 aromatic carbocycles. The highest BCUT2D eigenvalue weighted by Gasteiger charge is 2.35. The highest BCUT2D eigenvalue weighted by Crippen LogP contribution is 2.27. The van der Waals surface area contributed by atoms with Gasteiger partial charge in [0.25, 0.3) is 11.8 Å². The minimum absolute atomic E-state index is 0.169. The minimum atomic E-state index is -0.278. The number of rotatable bonds is 3. The van der Waals surface area contributed by atoms with Crippen molar-refractivity contribution >= 4 is 29.5 Å². The van der Waals surface area contributed by atoms with Crippen LogP contribution in [0.2, 0.25) is 5.02 Å². The Morgan fingerprint density at radius 3 is 2.19 bits per heavy atom. The smallest absolute Gasteiger partial charge is 0.261 e. The molecule has 0 aliphatic carbocycles. The van der Waals surface area contributed by atoms with E-state index in [-0.39, 0.29) is 18.4 Å². The molecule has 0 aromatic heterocycles. The average Bonchev–Trinajstić information content (AvgIpc) is 2.74. The van der Waals surface area contributed by atoms with Crippen molar-refractivity contribution in [2.75, 3.05) is 0 Å². The standard InChI is InChI=1S/C17H12ClNO2/c1-2-11-7-8-12(15(18)9-11)10-19-16(20)13-5-3-4-6-14(13)17(19)21/h2-9H,1,10H2. The summed E-state index contributed by atoms with van der Waals surface area (Å²) in [6, 6.07) is 12.3. The van der Waals surface area contributed by atoms with Crippen LogP contribution in [-0.4, -0.2) is 16.7 Å². The van der Waals surface area contributed by atoms with Crippen LogP contribution >= 0.6 is 11.6 Å². The number of benzene rings is 2. The number of imide groups is 1. The SMILES string of the molecule is C=Cc1ccc(CN2C(=O)c3ccccc3C2=O)c(Cl)c1. The van der Waals surface area contributed by atoms with E-state index in [9.17, 15) is 9.59 Å². The van der Waals surface area contributed by atoms with Crippen LogP contribution in [0.5, 0.6) is 0 Å². The predicted octanol–water partition coefficient (Wildman–Crippen LogP) is 3.78. The van der Waals surface area contributed by atoms with Gasteiger partial charge in [0.2, 0.25) is 0 Å². The maximum absolute atomic E-state index is 12.3. The van der Waals surface area contributed by atoms with Crippen molar-refractivity contribution in [3.05, 3.63) is 76.3 Å². The summed E-state index contributed by atoms with van der Waals surface area (Å²) in [5.41, 5.74) is 2.52. The second kappa shape index (κ2) is 5.19. The van der Waals surface area contributed by atoms with Crippen molar-refractivity contribution < 1.29 is 9.59 Å². The number of amides is 2. The lowest BCUT2D eigenvalue weighted by Gasteiger charge is -2.15. The van der Waals surface area contributed by atoms with Gasteiger partial charge in [0.1, 0.15) is 0 Å². The Bertz CT molecular complexity index is 732. The molecule has 3 rings (SSSR count). The molecule has 1 heterocycles. The van der Waals surface area contributed by atoms with Gasteiger partial charge in [0.15, 0.2) is 0 Å². The number of hydrogen-bond acceptors (Lipinski definition) is 2. The summed E-state index contributed by atoms with van der Waals surface area (Å²) < 4.78 is 0. The summed E-state index contributed by atoms with van der Waals surface area (Å²) in [5, 5.41) is 0.518. The van der Waals surface area contributed by atoms with Crippen molar-refractivity contribution in [1.29, 1.82) is 0 Å². The van der Waals surface area contributed by atoms with Gasteiger partial charge in [-0.05, 0) is 29.3 Å². The van der Waals surface area contributed by atoms with E-state index in [4.69, 9.17) is 11.6 Å². The molecule has 0 N–H and O–H groups in total. The molecule has 2 aromatic rings. The molecule has 21 heavy (non-hydrogen) atoms. The molecule has 2 amide bonds. The molecule has 1 aliphatic heterocycles. The zero-order chi connectivity index (χ0) is 15.0. The third-order valence-electron chi connectivity index (χ3n) is 3.52. The molecular weight excluding hydrogens is 286 g/mol. The number of fused-ring (bicyclic) bond motifs is 1. The Kier molecular flexibility index (Phi) is 3.35. The van der Waals surface area contributed by atoms with Crippen LogP contribution in [0.25, 0.3) is 6.08 Å². The first-order chi connectivity index (χ1) is 10.1. The van der Waals surface area contributed by atoms with Crippen LogP contribution in [-0.2, 0) is 6.54 Å². The van der Waals surface area contributed by atoms with Gasteiger partial charge >= 0.3 is 0 Å². The lowest BCUT2D eigenvalue weighted by Crippen LogP contribution is -2.29. The molecule has 0 saturated carbocycles. The van der Waals surface area contributed by atoms with Gasteiger partial charge in [-0.2, -0.15) is 0 Å². The minimum Gasteiger partial charge on any atom is -0.270 e. The maximum atomic E-state index is 12.3. The van der Waals surface area contributed by atoms with E-state index in [1.807, 2.05) is 12.1 Å². The molecule has 0 unspecified atom stereocenters. The fraction of sp³-hybridized carbons (Fsp3) is 0.0588. The average molecular weight is 298 g/mol. The summed E-state index contributed by atoms with van der Waals surface area (Å²) in [5.74, 6) is -0.557. The third-order valence-corrected chi connectivity index (χ3v) is 3.87. The van der Waals surface area contributed by atoms with E-state index >= 15 is 0 Å². The Morgan fingerprint density at radius 2 is 1.67 bits per heavy atom. The quantitative estimate of drug-likeness (QED) is 0.809. The highest BCUT2D eigenvalue weighted by atomic mass is 35.5. The highest BCUT2D eigenvalue weighted by molar-refractivity contribution is 6.31. The van der Waals surface area contributed by atoms with E-state index in [0.29, 0.717) is 16.1 Å². The predicted molar refractivity (Wildman–Crippen MR) is 82.2 cm³/mol. The molecule has 0 radical (unpaired) electrons. The van der Waals surface area contributed by atoms with Crippen molar-refractivity contribution in [3.63, 3.8) is 0 Å². The molecule has 0 saturated heterocycles. The third kappa shape index (κ3) is 2.26. The first kappa shape index (κ1) is 13.6. The van der Waals surface area contributed by atoms with Gasteiger partial charge in [-0.15, -0.1) is 0 Å². The van der Waals surface area contributed by atoms with E-state index in [1.54, 1.807) is 36.4 Å². The number of hydrogen-bond donors (Lipinski definition) is 0. The topological polar surface area (TPSA) is 37.4 Å². The fourth-order valence-electron chi connectivity index (χ4n) is 2.37. The second-order valence-electron chi connectivity index (χ2n) is 4.80. The van der Waals surface area contributed by atoms with Crippen LogP contribution in [0.1, 0.15) is 31.8 Å². The van der Waals surface area contributed by atoms with Gasteiger partial charge in [0, 0.05) is 5.02 Å². The molecule has 104 valence electrons. The Labute approximate surface area is 127 Å². The number of halogens is 1. The van der Waals surface area contributed by atoms with Crippen LogP contribution in [0, 0.1) is 0 Å². The van der Waals surface area contributed by atoms with Gasteiger partial charge < -0.3 is 0 Å². The van der Waals surface area contributed by atoms with E-state index < -0.39 is 0 Å². The van der Waals surface area contributed by atoms with Crippen LogP contribution in [0.4, 0.5) is 0 Å². The maximum Gasteiger partial charge on any atom is 0.261 e. The van der Waals surface area contributed by atoms with E-state index in [0.717, 1.165) is 11.1 Å². The summed E-state index contributed by atoms with van der Waals surface area (Å²) in [7, 11) is 0. The van der Waals surface area contributed by atoms with Crippen LogP contribution in [0.3, 0.4) is 0 Å². The summed E-state index contributed by atoms with van der Waals surface area (Å²) in [4.78, 5) is 25.8. The Hall–Kier alpha value is -2.39.